The zero-order valence-corrected chi connectivity index (χ0v) is 11.1. The summed E-state index contributed by atoms with van der Waals surface area (Å²) in [6.45, 7) is 2.49. The first kappa shape index (κ1) is 13.4. The molecule has 6 heteroatoms. The number of para-hydroxylation sites is 1. The van der Waals surface area contributed by atoms with Crippen molar-refractivity contribution >= 4 is 23.9 Å². The van der Waals surface area contributed by atoms with Gasteiger partial charge >= 0.3 is 0 Å². The largest absolute Gasteiger partial charge is 0.443 e. The minimum Gasteiger partial charge on any atom is -0.443 e. The third-order valence-electron chi connectivity index (χ3n) is 2.81. The summed E-state index contributed by atoms with van der Waals surface area (Å²) in [5, 5.41) is 6.60. The molecule has 0 atom stereocenters. The van der Waals surface area contributed by atoms with E-state index >= 15 is 0 Å². The molecule has 2 N–H and O–H groups in total. The second-order valence-corrected chi connectivity index (χ2v) is 4.02. The number of benzene rings is 1. The lowest BCUT2D eigenvalue weighted by atomic mass is 10.1. The van der Waals surface area contributed by atoms with E-state index in [2.05, 4.69) is 20.6 Å². The van der Waals surface area contributed by atoms with Crippen molar-refractivity contribution in [2.75, 3.05) is 25.0 Å². The first-order valence-electron chi connectivity index (χ1n) is 5.92. The summed E-state index contributed by atoms with van der Waals surface area (Å²) < 4.78 is 5.34. The van der Waals surface area contributed by atoms with Gasteiger partial charge < -0.3 is 15.1 Å². The van der Waals surface area contributed by atoms with Crippen molar-refractivity contribution in [2.45, 2.75) is 0 Å². The van der Waals surface area contributed by atoms with E-state index in [9.17, 15) is 0 Å². The minimum atomic E-state index is 0. The summed E-state index contributed by atoms with van der Waals surface area (Å²) in [7, 11) is 0. The molecule has 0 fully saturated rings. The van der Waals surface area contributed by atoms with E-state index < -0.39 is 0 Å². The molecular formula is C13H15ClN4O. The Morgan fingerprint density at radius 3 is 2.95 bits per heavy atom. The average Bonchev–Trinajstić information content (AvgIpc) is 3.10. The molecule has 19 heavy (non-hydrogen) atoms. The Hall–Kier alpha value is -2.01. The number of halogens is 1. The Morgan fingerprint density at radius 2 is 2.21 bits per heavy atom. The van der Waals surface area contributed by atoms with Gasteiger partial charge in [0.25, 0.3) is 0 Å². The number of aromatic nitrogens is 1. The molecule has 1 aliphatic heterocycles. The van der Waals surface area contributed by atoms with Gasteiger partial charge in [-0.3, -0.25) is 4.99 Å². The van der Waals surface area contributed by atoms with E-state index in [1.165, 1.54) is 6.39 Å². The van der Waals surface area contributed by atoms with Crippen molar-refractivity contribution in [3.8, 4) is 11.3 Å². The lowest BCUT2D eigenvalue weighted by Crippen LogP contribution is -2.26. The number of anilines is 1. The van der Waals surface area contributed by atoms with Crippen LogP contribution in [0.2, 0.25) is 0 Å². The highest BCUT2D eigenvalue weighted by Gasteiger charge is 2.09. The van der Waals surface area contributed by atoms with E-state index in [-0.39, 0.29) is 12.4 Å². The molecule has 0 aliphatic carbocycles. The van der Waals surface area contributed by atoms with Crippen LogP contribution in [0.4, 0.5) is 5.69 Å². The zero-order chi connectivity index (χ0) is 12.2. The Kier molecular flexibility index (Phi) is 4.41. The Bertz CT molecular complexity index is 554. The number of amidine groups is 1. The number of hydrogen-bond acceptors (Lipinski definition) is 5. The Labute approximate surface area is 117 Å². The van der Waals surface area contributed by atoms with E-state index in [0.29, 0.717) is 6.54 Å². The Morgan fingerprint density at radius 1 is 1.32 bits per heavy atom. The second kappa shape index (κ2) is 6.24. The quantitative estimate of drug-likeness (QED) is 0.900. The van der Waals surface area contributed by atoms with Crippen LogP contribution in [0.15, 0.2) is 46.3 Å². The number of hydrogen-bond donors (Lipinski definition) is 2. The molecule has 0 spiro atoms. The first-order valence-corrected chi connectivity index (χ1v) is 5.92. The smallest absolute Gasteiger partial charge is 0.181 e. The molecule has 0 amide bonds. The van der Waals surface area contributed by atoms with Gasteiger partial charge in [0.15, 0.2) is 12.2 Å². The molecule has 5 nitrogen and oxygen atoms in total. The van der Waals surface area contributed by atoms with Gasteiger partial charge in [-0.15, -0.1) is 12.4 Å². The molecule has 2 aromatic rings. The summed E-state index contributed by atoms with van der Waals surface area (Å²) in [5.74, 6) is 1.77. The van der Waals surface area contributed by atoms with Gasteiger partial charge in [0.2, 0.25) is 0 Å². The maximum Gasteiger partial charge on any atom is 0.181 e. The average molecular weight is 279 g/mol. The fourth-order valence-electron chi connectivity index (χ4n) is 1.95. The van der Waals surface area contributed by atoms with Crippen LogP contribution in [0.5, 0.6) is 0 Å². The first-order chi connectivity index (χ1) is 8.93. The molecular weight excluding hydrogens is 264 g/mol. The topological polar surface area (TPSA) is 62.5 Å². The van der Waals surface area contributed by atoms with Gasteiger partial charge in [-0.05, 0) is 12.1 Å². The summed E-state index contributed by atoms with van der Waals surface area (Å²) >= 11 is 0. The van der Waals surface area contributed by atoms with Gasteiger partial charge in [0.1, 0.15) is 5.84 Å². The summed E-state index contributed by atoms with van der Waals surface area (Å²) in [6, 6.07) is 8.00. The predicted octanol–water partition coefficient (Wildman–Crippen LogP) is 2.18. The molecule has 100 valence electrons. The maximum atomic E-state index is 5.34. The van der Waals surface area contributed by atoms with Gasteiger partial charge in [-0.25, -0.2) is 4.98 Å². The molecule has 1 aromatic heterocycles. The lowest BCUT2D eigenvalue weighted by Gasteiger charge is -2.10. The molecule has 0 saturated carbocycles. The van der Waals surface area contributed by atoms with Gasteiger partial charge in [-0.2, -0.15) is 0 Å². The van der Waals surface area contributed by atoms with Crippen molar-refractivity contribution in [3.05, 3.63) is 36.9 Å². The van der Waals surface area contributed by atoms with Crippen LogP contribution < -0.4 is 10.6 Å². The van der Waals surface area contributed by atoms with Crippen LogP contribution in [0.3, 0.4) is 0 Å². The molecule has 2 heterocycles. The van der Waals surface area contributed by atoms with Crippen LogP contribution in [-0.2, 0) is 0 Å². The monoisotopic (exact) mass is 278 g/mol. The van der Waals surface area contributed by atoms with Crippen LogP contribution in [0.1, 0.15) is 0 Å². The van der Waals surface area contributed by atoms with Gasteiger partial charge in [-0.1, -0.05) is 12.1 Å². The van der Waals surface area contributed by atoms with Crippen molar-refractivity contribution < 1.29 is 4.42 Å². The summed E-state index contributed by atoms with van der Waals surface area (Å²) in [5.41, 5.74) is 2.03. The SMILES string of the molecule is Cl.c1ccc(-c2cnco2)c(NCC2=NCCN2)c1. The van der Waals surface area contributed by atoms with Crippen molar-refractivity contribution in [1.29, 1.82) is 0 Å². The molecule has 0 bridgehead atoms. The number of aliphatic imine (C=N–C) groups is 1. The number of nitrogens with zero attached hydrogens (tertiary/aromatic N) is 2. The highest BCUT2D eigenvalue weighted by molar-refractivity contribution is 5.88. The molecule has 0 saturated heterocycles. The minimum absolute atomic E-state index is 0. The summed E-state index contributed by atoms with van der Waals surface area (Å²) in [6.07, 6.45) is 3.15. The standard InChI is InChI=1S/C13H14N4O.ClH/c1-2-4-11(17-8-13-15-5-6-16-13)10(3-1)12-7-14-9-18-12;/h1-4,7,9,17H,5-6,8H2,(H,15,16);1H. The normalized spacial score (nSPS) is 13.4. The molecule has 3 rings (SSSR count). The maximum absolute atomic E-state index is 5.34. The number of rotatable bonds is 4. The van der Waals surface area contributed by atoms with E-state index in [1.54, 1.807) is 6.20 Å². The third kappa shape index (κ3) is 3.06. The van der Waals surface area contributed by atoms with Crippen LogP contribution >= 0.6 is 12.4 Å². The van der Waals surface area contributed by atoms with Crippen LogP contribution in [-0.4, -0.2) is 30.5 Å². The summed E-state index contributed by atoms with van der Waals surface area (Å²) in [4.78, 5) is 8.30. The zero-order valence-electron chi connectivity index (χ0n) is 10.3. The second-order valence-electron chi connectivity index (χ2n) is 4.02. The van der Waals surface area contributed by atoms with E-state index in [0.717, 1.165) is 35.9 Å². The van der Waals surface area contributed by atoms with Gasteiger partial charge in [0.05, 0.1) is 19.3 Å². The molecule has 0 radical (unpaired) electrons. The molecule has 0 unspecified atom stereocenters. The Balaban J connectivity index is 0.00000133. The number of nitrogens with one attached hydrogen (secondary N) is 2. The van der Waals surface area contributed by atoms with Crippen LogP contribution in [0, 0.1) is 0 Å². The fraction of sp³-hybridized carbons (Fsp3) is 0.231. The van der Waals surface area contributed by atoms with Crippen molar-refractivity contribution in [1.82, 2.24) is 10.3 Å². The molecule has 1 aliphatic rings. The molecule has 1 aromatic carbocycles. The van der Waals surface area contributed by atoms with E-state index in [4.69, 9.17) is 4.42 Å². The predicted molar refractivity (Wildman–Crippen MR) is 78.0 cm³/mol. The lowest BCUT2D eigenvalue weighted by molar-refractivity contribution is 0.572. The highest BCUT2D eigenvalue weighted by Crippen LogP contribution is 2.27. The fourth-order valence-corrected chi connectivity index (χ4v) is 1.95. The highest BCUT2D eigenvalue weighted by atomic mass is 35.5. The van der Waals surface area contributed by atoms with E-state index in [1.807, 2.05) is 24.3 Å². The number of oxazole rings is 1. The van der Waals surface area contributed by atoms with Crippen LogP contribution in [0.25, 0.3) is 11.3 Å². The van der Waals surface area contributed by atoms with Gasteiger partial charge in [0, 0.05) is 17.8 Å². The van der Waals surface area contributed by atoms with Crippen molar-refractivity contribution in [3.63, 3.8) is 0 Å². The third-order valence-corrected chi connectivity index (χ3v) is 2.81. The van der Waals surface area contributed by atoms with Crippen molar-refractivity contribution in [2.24, 2.45) is 4.99 Å².